The van der Waals surface area contributed by atoms with Crippen molar-refractivity contribution in [3.05, 3.63) is 22.8 Å². The van der Waals surface area contributed by atoms with Crippen LogP contribution in [-0.2, 0) is 4.74 Å². The number of pyridine rings is 1. The summed E-state index contributed by atoms with van der Waals surface area (Å²) in [6.45, 7) is 5.33. The van der Waals surface area contributed by atoms with Crippen molar-refractivity contribution in [1.29, 1.82) is 0 Å². The highest BCUT2D eigenvalue weighted by Gasteiger charge is 2.26. The van der Waals surface area contributed by atoms with Crippen molar-refractivity contribution in [3.63, 3.8) is 0 Å². The Morgan fingerprint density at radius 2 is 2.37 bits per heavy atom. The average molecular weight is 284 g/mol. The van der Waals surface area contributed by atoms with Crippen LogP contribution in [0.25, 0.3) is 0 Å². The molecule has 6 heteroatoms. The van der Waals surface area contributed by atoms with Crippen LogP contribution in [0, 0.1) is 0 Å². The van der Waals surface area contributed by atoms with Crippen LogP contribution in [0.1, 0.15) is 30.6 Å². The molecule has 0 bridgehead atoms. The molecule has 0 aliphatic carbocycles. The molecule has 1 amide bonds. The highest BCUT2D eigenvalue weighted by Crippen LogP contribution is 2.17. The maximum atomic E-state index is 12.2. The lowest BCUT2D eigenvalue weighted by Gasteiger charge is -2.16. The van der Waals surface area contributed by atoms with Crippen LogP contribution in [0.5, 0.6) is 0 Å². The van der Waals surface area contributed by atoms with Crippen molar-refractivity contribution in [1.82, 2.24) is 10.3 Å². The second-order valence-corrected chi connectivity index (χ2v) is 4.93. The zero-order valence-corrected chi connectivity index (χ0v) is 11.8. The van der Waals surface area contributed by atoms with Gasteiger partial charge in [-0.1, -0.05) is 11.6 Å². The van der Waals surface area contributed by atoms with Crippen LogP contribution < -0.4 is 10.6 Å². The Balaban J connectivity index is 2.09. The quantitative estimate of drug-likeness (QED) is 0.831. The fourth-order valence-corrected chi connectivity index (χ4v) is 2.28. The Morgan fingerprint density at radius 1 is 1.58 bits per heavy atom. The van der Waals surface area contributed by atoms with Crippen molar-refractivity contribution in [2.75, 3.05) is 18.5 Å². The van der Waals surface area contributed by atoms with Gasteiger partial charge in [0.25, 0.3) is 5.91 Å². The number of hydrogen-bond acceptors (Lipinski definition) is 4. The van der Waals surface area contributed by atoms with E-state index in [1.165, 1.54) is 0 Å². The first-order valence-corrected chi connectivity index (χ1v) is 6.82. The van der Waals surface area contributed by atoms with E-state index in [-0.39, 0.29) is 18.1 Å². The fourth-order valence-electron chi connectivity index (χ4n) is 2.07. The number of carbonyl (C=O) groups excluding carboxylic acids is 1. The lowest BCUT2D eigenvalue weighted by atomic mass is 10.1. The average Bonchev–Trinajstić information content (AvgIpc) is 2.75. The third kappa shape index (κ3) is 3.58. The number of halogens is 1. The molecule has 19 heavy (non-hydrogen) atoms. The van der Waals surface area contributed by atoms with Gasteiger partial charge in [-0.15, -0.1) is 0 Å². The molecule has 2 rings (SSSR count). The first-order chi connectivity index (χ1) is 9.10. The summed E-state index contributed by atoms with van der Waals surface area (Å²) in [4.78, 5) is 16.3. The molecule has 104 valence electrons. The van der Waals surface area contributed by atoms with Crippen molar-refractivity contribution >= 4 is 23.3 Å². The fraction of sp³-hybridized carbons (Fsp3) is 0.538. The largest absolute Gasteiger partial charge is 0.376 e. The van der Waals surface area contributed by atoms with E-state index < -0.39 is 0 Å². The number of amides is 1. The van der Waals surface area contributed by atoms with E-state index in [4.69, 9.17) is 16.3 Å². The van der Waals surface area contributed by atoms with Gasteiger partial charge >= 0.3 is 0 Å². The van der Waals surface area contributed by atoms with Crippen LogP contribution in [0.3, 0.4) is 0 Å². The number of nitrogens with one attached hydrogen (secondary N) is 2. The molecule has 0 aromatic carbocycles. The van der Waals surface area contributed by atoms with E-state index in [1.807, 2.05) is 13.8 Å². The topological polar surface area (TPSA) is 63.2 Å². The molecule has 1 fully saturated rings. The Bertz CT molecular complexity index is 467. The zero-order valence-electron chi connectivity index (χ0n) is 11.1. The summed E-state index contributed by atoms with van der Waals surface area (Å²) < 4.78 is 5.42. The molecule has 5 nitrogen and oxygen atoms in total. The second-order valence-electron chi connectivity index (χ2n) is 4.54. The van der Waals surface area contributed by atoms with Crippen LogP contribution in [-0.4, -0.2) is 36.2 Å². The Labute approximate surface area is 117 Å². The zero-order chi connectivity index (χ0) is 13.8. The van der Waals surface area contributed by atoms with Gasteiger partial charge in [0, 0.05) is 18.7 Å². The van der Waals surface area contributed by atoms with Gasteiger partial charge in [0.05, 0.1) is 12.1 Å². The number of carbonyl (C=O) groups is 1. The summed E-state index contributed by atoms with van der Waals surface area (Å²) in [6.07, 6.45) is 0.890. The van der Waals surface area contributed by atoms with Crippen LogP contribution in [0.2, 0.25) is 5.15 Å². The predicted molar refractivity (Wildman–Crippen MR) is 74.7 cm³/mol. The normalized spacial score (nSPS) is 22.3. The van der Waals surface area contributed by atoms with E-state index in [1.54, 1.807) is 12.1 Å². The van der Waals surface area contributed by atoms with Crippen LogP contribution in [0.4, 0.5) is 5.82 Å². The Morgan fingerprint density at radius 3 is 3.00 bits per heavy atom. The predicted octanol–water partition coefficient (Wildman–Crippen LogP) is 2.07. The Kier molecular flexibility index (Phi) is 4.61. The molecule has 2 unspecified atom stereocenters. The van der Waals surface area contributed by atoms with Crippen molar-refractivity contribution in [2.24, 2.45) is 0 Å². The SMILES string of the molecule is CCNc1cc(C(=O)NC2CCOC2C)cc(Cl)n1. The van der Waals surface area contributed by atoms with Crippen LogP contribution >= 0.6 is 11.6 Å². The molecule has 0 saturated carbocycles. The second kappa shape index (κ2) is 6.21. The molecule has 1 saturated heterocycles. The summed E-state index contributed by atoms with van der Waals surface area (Å²) in [5, 5.41) is 6.31. The van der Waals surface area contributed by atoms with Gasteiger partial charge in [0.2, 0.25) is 0 Å². The van der Waals surface area contributed by atoms with E-state index in [0.29, 0.717) is 23.1 Å². The first-order valence-electron chi connectivity index (χ1n) is 6.44. The summed E-state index contributed by atoms with van der Waals surface area (Å²) in [5.41, 5.74) is 0.509. The molecule has 1 aromatic heterocycles. The number of rotatable bonds is 4. The van der Waals surface area contributed by atoms with E-state index in [9.17, 15) is 4.79 Å². The number of nitrogens with zero attached hydrogens (tertiary/aromatic N) is 1. The monoisotopic (exact) mass is 283 g/mol. The number of ether oxygens (including phenoxy) is 1. The lowest BCUT2D eigenvalue weighted by molar-refractivity contribution is 0.0866. The minimum Gasteiger partial charge on any atom is -0.376 e. The Hall–Kier alpha value is -1.33. The minimum absolute atomic E-state index is 0.0505. The van der Waals surface area contributed by atoms with E-state index in [0.717, 1.165) is 13.0 Å². The van der Waals surface area contributed by atoms with Crippen molar-refractivity contribution in [3.8, 4) is 0 Å². The molecule has 0 spiro atoms. The van der Waals surface area contributed by atoms with Gasteiger partial charge in [-0.3, -0.25) is 4.79 Å². The maximum Gasteiger partial charge on any atom is 0.251 e. The van der Waals surface area contributed by atoms with Crippen LogP contribution in [0.15, 0.2) is 12.1 Å². The molecule has 0 radical (unpaired) electrons. The molecular formula is C13H18ClN3O2. The van der Waals surface area contributed by atoms with Gasteiger partial charge in [0.1, 0.15) is 11.0 Å². The molecule has 2 atom stereocenters. The number of aromatic nitrogens is 1. The number of hydrogen-bond donors (Lipinski definition) is 2. The highest BCUT2D eigenvalue weighted by molar-refractivity contribution is 6.29. The van der Waals surface area contributed by atoms with Crippen molar-refractivity contribution < 1.29 is 9.53 Å². The van der Waals surface area contributed by atoms with Gasteiger partial charge < -0.3 is 15.4 Å². The van der Waals surface area contributed by atoms with Gasteiger partial charge in [-0.2, -0.15) is 0 Å². The third-order valence-corrected chi connectivity index (χ3v) is 3.30. The molecule has 1 aliphatic rings. The summed E-state index contributed by atoms with van der Waals surface area (Å²) in [6, 6.07) is 3.32. The summed E-state index contributed by atoms with van der Waals surface area (Å²) in [5.74, 6) is 0.460. The molecule has 1 aliphatic heterocycles. The number of anilines is 1. The third-order valence-electron chi connectivity index (χ3n) is 3.11. The first kappa shape index (κ1) is 14.1. The van der Waals surface area contributed by atoms with E-state index in [2.05, 4.69) is 15.6 Å². The summed E-state index contributed by atoms with van der Waals surface area (Å²) in [7, 11) is 0. The molecular weight excluding hydrogens is 266 g/mol. The lowest BCUT2D eigenvalue weighted by Crippen LogP contribution is -2.39. The van der Waals surface area contributed by atoms with Gasteiger partial charge in [-0.25, -0.2) is 4.98 Å². The minimum atomic E-state index is -0.147. The van der Waals surface area contributed by atoms with Gasteiger partial charge in [0.15, 0.2) is 0 Å². The van der Waals surface area contributed by atoms with E-state index >= 15 is 0 Å². The van der Waals surface area contributed by atoms with Gasteiger partial charge in [-0.05, 0) is 32.4 Å². The smallest absolute Gasteiger partial charge is 0.251 e. The molecule has 2 N–H and O–H groups in total. The molecule has 2 heterocycles. The standard InChI is InChI=1S/C13H18ClN3O2/c1-3-15-12-7-9(6-11(14)17-12)13(18)16-10-4-5-19-8(10)2/h6-8,10H,3-5H2,1-2H3,(H,15,17)(H,16,18). The van der Waals surface area contributed by atoms with Crippen molar-refractivity contribution in [2.45, 2.75) is 32.4 Å². The maximum absolute atomic E-state index is 12.2. The summed E-state index contributed by atoms with van der Waals surface area (Å²) >= 11 is 5.92. The molecule has 1 aromatic rings. The highest BCUT2D eigenvalue weighted by atomic mass is 35.5.